The van der Waals surface area contributed by atoms with Gasteiger partial charge in [0.05, 0.1) is 22.3 Å². The van der Waals surface area contributed by atoms with E-state index in [1.165, 1.54) is 0 Å². The van der Waals surface area contributed by atoms with Gasteiger partial charge in [-0.3, -0.25) is 0 Å². The Morgan fingerprint density at radius 1 is 1.33 bits per heavy atom. The van der Waals surface area contributed by atoms with Crippen LogP contribution in [0, 0.1) is 18.3 Å². The normalized spacial score (nSPS) is 9.83. The minimum absolute atomic E-state index is 0.384. The minimum atomic E-state index is 0.384. The SMILES string of the molecule is Cc1nc(N)cc(Nc2ccc(C#N)cc2Cl)n1. The van der Waals surface area contributed by atoms with Crippen molar-refractivity contribution in [2.24, 2.45) is 0 Å². The maximum atomic E-state index is 8.75. The van der Waals surface area contributed by atoms with E-state index in [4.69, 9.17) is 22.6 Å². The van der Waals surface area contributed by atoms with Gasteiger partial charge in [-0.05, 0) is 25.1 Å². The fourth-order valence-corrected chi connectivity index (χ4v) is 1.71. The van der Waals surface area contributed by atoms with Crippen molar-refractivity contribution in [3.8, 4) is 6.07 Å². The van der Waals surface area contributed by atoms with E-state index in [0.29, 0.717) is 33.7 Å². The molecule has 0 spiro atoms. The number of hydrogen-bond acceptors (Lipinski definition) is 5. The number of benzene rings is 1. The number of nitrogens with one attached hydrogen (secondary N) is 1. The molecule has 2 rings (SSSR count). The minimum Gasteiger partial charge on any atom is -0.384 e. The van der Waals surface area contributed by atoms with Gasteiger partial charge in [-0.1, -0.05) is 11.6 Å². The fourth-order valence-electron chi connectivity index (χ4n) is 1.48. The second kappa shape index (κ2) is 4.90. The van der Waals surface area contributed by atoms with E-state index in [-0.39, 0.29) is 0 Å². The predicted molar refractivity (Wildman–Crippen MR) is 70.6 cm³/mol. The van der Waals surface area contributed by atoms with Crippen molar-refractivity contribution in [2.75, 3.05) is 11.1 Å². The maximum Gasteiger partial charge on any atom is 0.136 e. The molecule has 1 heterocycles. The lowest BCUT2D eigenvalue weighted by molar-refractivity contribution is 1.06. The van der Waals surface area contributed by atoms with Crippen LogP contribution in [0.3, 0.4) is 0 Å². The number of nitriles is 1. The highest BCUT2D eigenvalue weighted by molar-refractivity contribution is 6.33. The number of hydrogen-bond donors (Lipinski definition) is 2. The summed E-state index contributed by atoms with van der Waals surface area (Å²) in [5, 5.41) is 12.2. The predicted octanol–water partition coefficient (Wildman–Crippen LogP) is 2.64. The Balaban J connectivity index is 2.31. The zero-order valence-corrected chi connectivity index (χ0v) is 10.4. The van der Waals surface area contributed by atoms with Gasteiger partial charge in [0.2, 0.25) is 0 Å². The zero-order valence-electron chi connectivity index (χ0n) is 9.61. The quantitative estimate of drug-likeness (QED) is 0.866. The molecule has 5 nitrogen and oxygen atoms in total. The van der Waals surface area contributed by atoms with Crippen LogP contribution in [0.4, 0.5) is 17.3 Å². The van der Waals surface area contributed by atoms with Crippen LogP contribution in [0.1, 0.15) is 11.4 Å². The zero-order chi connectivity index (χ0) is 13.1. The first kappa shape index (κ1) is 12.1. The van der Waals surface area contributed by atoms with Crippen LogP contribution in [0.25, 0.3) is 0 Å². The molecule has 0 aliphatic carbocycles. The van der Waals surface area contributed by atoms with Gasteiger partial charge in [-0.2, -0.15) is 5.26 Å². The molecule has 0 saturated carbocycles. The first-order valence-electron chi connectivity index (χ1n) is 5.16. The van der Waals surface area contributed by atoms with Gasteiger partial charge < -0.3 is 11.1 Å². The highest BCUT2D eigenvalue weighted by Gasteiger charge is 2.04. The summed E-state index contributed by atoms with van der Waals surface area (Å²) in [4.78, 5) is 8.16. The maximum absolute atomic E-state index is 8.75. The van der Waals surface area contributed by atoms with Crippen molar-refractivity contribution in [2.45, 2.75) is 6.92 Å². The first-order chi connectivity index (χ1) is 8.58. The van der Waals surface area contributed by atoms with E-state index in [1.54, 1.807) is 31.2 Å². The van der Waals surface area contributed by atoms with E-state index in [2.05, 4.69) is 15.3 Å². The van der Waals surface area contributed by atoms with Crippen molar-refractivity contribution in [1.82, 2.24) is 9.97 Å². The highest BCUT2D eigenvalue weighted by Crippen LogP contribution is 2.26. The van der Waals surface area contributed by atoms with Gasteiger partial charge in [0.25, 0.3) is 0 Å². The molecule has 90 valence electrons. The molecule has 0 saturated heterocycles. The number of aromatic nitrogens is 2. The van der Waals surface area contributed by atoms with E-state index < -0.39 is 0 Å². The molecule has 0 radical (unpaired) electrons. The van der Waals surface area contributed by atoms with E-state index in [9.17, 15) is 0 Å². The van der Waals surface area contributed by atoms with Gasteiger partial charge >= 0.3 is 0 Å². The van der Waals surface area contributed by atoms with Crippen LogP contribution in [-0.4, -0.2) is 9.97 Å². The summed E-state index contributed by atoms with van der Waals surface area (Å²) in [6.07, 6.45) is 0. The molecule has 3 N–H and O–H groups in total. The Bertz CT molecular complexity index is 613. The third kappa shape index (κ3) is 2.67. The molecule has 0 amide bonds. The Hall–Kier alpha value is -2.32. The lowest BCUT2D eigenvalue weighted by Crippen LogP contribution is -2.01. The molecule has 2 aromatic rings. The summed E-state index contributed by atoms with van der Waals surface area (Å²) in [5.74, 6) is 1.52. The van der Waals surface area contributed by atoms with Gasteiger partial charge in [0, 0.05) is 6.07 Å². The lowest BCUT2D eigenvalue weighted by Gasteiger charge is -2.08. The van der Waals surface area contributed by atoms with E-state index >= 15 is 0 Å². The monoisotopic (exact) mass is 259 g/mol. The molecule has 0 aliphatic rings. The van der Waals surface area contributed by atoms with Crippen molar-refractivity contribution < 1.29 is 0 Å². The topological polar surface area (TPSA) is 87.6 Å². The summed E-state index contributed by atoms with van der Waals surface area (Å²) in [7, 11) is 0. The second-order valence-corrected chi connectivity index (χ2v) is 4.06. The lowest BCUT2D eigenvalue weighted by atomic mass is 10.2. The van der Waals surface area contributed by atoms with Crippen molar-refractivity contribution in [3.63, 3.8) is 0 Å². The van der Waals surface area contributed by atoms with Crippen LogP contribution in [0.15, 0.2) is 24.3 Å². The molecule has 0 aliphatic heterocycles. The summed E-state index contributed by atoms with van der Waals surface area (Å²) >= 11 is 6.05. The highest BCUT2D eigenvalue weighted by atomic mass is 35.5. The molecule has 0 fully saturated rings. The second-order valence-electron chi connectivity index (χ2n) is 3.66. The number of nitrogens with two attached hydrogens (primary N) is 1. The van der Waals surface area contributed by atoms with E-state index in [0.717, 1.165) is 0 Å². The largest absolute Gasteiger partial charge is 0.384 e. The van der Waals surface area contributed by atoms with Crippen molar-refractivity contribution in [3.05, 3.63) is 40.7 Å². The Kier molecular flexibility index (Phi) is 3.31. The number of halogens is 1. The van der Waals surface area contributed by atoms with Crippen LogP contribution in [-0.2, 0) is 0 Å². The van der Waals surface area contributed by atoms with Gasteiger partial charge in [0.15, 0.2) is 0 Å². The standard InChI is InChI=1S/C12H10ClN5/c1-7-16-11(15)5-12(17-7)18-10-3-2-8(6-14)4-9(10)13/h2-5H,1H3,(H3,15,16,17,18). The average molecular weight is 260 g/mol. The summed E-state index contributed by atoms with van der Waals surface area (Å²) < 4.78 is 0. The van der Waals surface area contributed by atoms with Crippen LogP contribution in [0.2, 0.25) is 5.02 Å². The Labute approximate surface area is 109 Å². The Morgan fingerprint density at radius 2 is 2.11 bits per heavy atom. The molecule has 6 heteroatoms. The molecular weight excluding hydrogens is 250 g/mol. The van der Waals surface area contributed by atoms with Crippen LogP contribution >= 0.6 is 11.6 Å². The van der Waals surface area contributed by atoms with Crippen LogP contribution < -0.4 is 11.1 Å². The fraction of sp³-hybridized carbons (Fsp3) is 0.0833. The first-order valence-corrected chi connectivity index (χ1v) is 5.54. The number of rotatable bonds is 2. The molecule has 1 aromatic carbocycles. The number of aryl methyl sites for hydroxylation is 1. The Morgan fingerprint density at radius 3 is 2.72 bits per heavy atom. The van der Waals surface area contributed by atoms with Gasteiger partial charge in [0.1, 0.15) is 17.5 Å². The number of nitrogens with zero attached hydrogens (tertiary/aromatic N) is 3. The molecular formula is C12H10ClN5. The van der Waals surface area contributed by atoms with Gasteiger partial charge in [-0.15, -0.1) is 0 Å². The summed E-state index contributed by atoms with van der Waals surface area (Å²) in [6.45, 7) is 1.75. The third-order valence-corrected chi connectivity index (χ3v) is 2.53. The molecule has 18 heavy (non-hydrogen) atoms. The summed E-state index contributed by atoms with van der Waals surface area (Å²) in [5.41, 5.74) is 6.79. The number of anilines is 3. The van der Waals surface area contributed by atoms with Crippen molar-refractivity contribution in [1.29, 1.82) is 5.26 Å². The molecule has 0 bridgehead atoms. The third-order valence-electron chi connectivity index (χ3n) is 2.22. The van der Waals surface area contributed by atoms with Crippen LogP contribution in [0.5, 0.6) is 0 Å². The average Bonchev–Trinajstić information content (AvgIpc) is 2.30. The summed E-state index contributed by atoms with van der Waals surface area (Å²) in [6, 6.07) is 8.61. The molecule has 0 atom stereocenters. The van der Waals surface area contributed by atoms with Gasteiger partial charge in [-0.25, -0.2) is 9.97 Å². The smallest absolute Gasteiger partial charge is 0.136 e. The molecule has 0 unspecified atom stereocenters. The van der Waals surface area contributed by atoms with Crippen molar-refractivity contribution >= 4 is 28.9 Å². The number of nitrogen functional groups attached to an aromatic ring is 1. The van der Waals surface area contributed by atoms with E-state index in [1.807, 2.05) is 6.07 Å². The molecule has 1 aromatic heterocycles.